The normalized spacial score (nSPS) is 14.6. The SMILES string of the molecule is O=C(NCCC1(C(=O)N[C@@H](Cc2ccc(NC(=O)c3c(Cl)cccc3Cl)cc2)C(=O)O)CCCC1)c1ccncc1. The van der Waals surface area contributed by atoms with Crippen molar-refractivity contribution in [1.29, 1.82) is 0 Å². The second kappa shape index (κ2) is 13.6. The Morgan fingerprint density at radius 1 is 0.902 bits per heavy atom. The summed E-state index contributed by atoms with van der Waals surface area (Å²) in [6.45, 7) is 0.291. The summed E-state index contributed by atoms with van der Waals surface area (Å²) in [5, 5.41) is 18.6. The maximum atomic E-state index is 13.4. The van der Waals surface area contributed by atoms with Crippen molar-refractivity contribution >= 4 is 52.6 Å². The van der Waals surface area contributed by atoms with Gasteiger partial charge in [0.25, 0.3) is 11.8 Å². The van der Waals surface area contributed by atoms with Crippen LogP contribution in [-0.4, -0.2) is 46.4 Å². The fourth-order valence-corrected chi connectivity index (χ4v) is 5.61. The van der Waals surface area contributed by atoms with E-state index in [1.54, 1.807) is 54.6 Å². The highest BCUT2D eigenvalue weighted by molar-refractivity contribution is 6.40. The molecule has 2 aromatic carbocycles. The largest absolute Gasteiger partial charge is 0.480 e. The Hall–Kier alpha value is -3.95. The zero-order chi connectivity index (χ0) is 29.4. The molecule has 0 unspecified atom stereocenters. The highest BCUT2D eigenvalue weighted by Crippen LogP contribution is 2.41. The number of rotatable bonds is 11. The van der Waals surface area contributed by atoms with Gasteiger partial charge in [0.15, 0.2) is 0 Å². The molecule has 1 heterocycles. The maximum Gasteiger partial charge on any atom is 0.326 e. The summed E-state index contributed by atoms with van der Waals surface area (Å²) in [5.41, 5.74) is 1.04. The standard InChI is InChI=1S/C30H30Cl2N4O5/c31-22-4-3-5-23(32)25(22)27(38)35-21-8-6-19(7-9-21)18-24(28(39)40)36-29(41)30(12-1-2-13-30)14-17-34-26(37)20-10-15-33-16-11-20/h3-11,15-16,24H,1-2,12-14,17-18H2,(H,34,37)(H,35,38)(H,36,41)(H,39,40)/t24-/m0/s1. The van der Waals surface area contributed by atoms with Gasteiger partial charge in [-0.1, -0.05) is 54.2 Å². The van der Waals surface area contributed by atoms with Crippen LogP contribution in [0.4, 0.5) is 5.69 Å². The monoisotopic (exact) mass is 596 g/mol. The van der Waals surface area contributed by atoms with Gasteiger partial charge in [-0.3, -0.25) is 19.4 Å². The zero-order valence-electron chi connectivity index (χ0n) is 22.2. The number of halogens is 2. The van der Waals surface area contributed by atoms with E-state index in [-0.39, 0.29) is 33.8 Å². The molecule has 214 valence electrons. The van der Waals surface area contributed by atoms with Crippen LogP contribution in [0.25, 0.3) is 0 Å². The molecular formula is C30H30Cl2N4O5. The van der Waals surface area contributed by atoms with Gasteiger partial charge in [-0.15, -0.1) is 0 Å². The lowest BCUT2D eigenvalue weighted by atomic mass is 9.81. The van der Waals surface area contributed by atoms with Crippen LogP contribution >= 0.6 is 23.2 Å². The summed E-state index contributed by atoms with van der Waals surface area (Å²) in [4.78, 5) is 54.4. The Kier molecular flexibility index (Phi) is 9.96. The molecule has 4 N–H and O–H groups in total. The predicted octanol–water partition coefficient (Wildman–Crippen LogP) is 5.13. The van der Waals surface area contributed by atoms with E-state index in [0.29, 0.717) is 42.6 Å². The van der Waals surface area contributed by atoms with Crippen molar-refractivity contribution < 1.29 is 24.3 Å². The Bertz CT molecular complexity index is 1390. The number of carbonyl (C=O) groups excluding carboxylic acids is 3. The lowest BCUT2D eigenvalue weighted by Crippen LogP contribution is -2.49. The Morgan fingerprint density at radius 3 is 2.15 bits per heavy atom. The van der Waals surface area contributed by atoms with E-state index < -0.39 is 23.3 Å². The number of aromatic nitrogens is 1. The van der Waals surface area contributed by atoms with E-state index in [1.807, 2.05) is 0 Å². The number of pyridine rings is 1. The van der Waals surface area contributed by atoms with Crippen molar-refractivity contribution in [2.24, 2.45) is 5.41 Å². The fourth-order valence-electron chi connectivity index (χ4n) is 5.04. The van der Waals surface area contributed by atoms with Crippen molar-refractivity contribution in [2.45, 2.75) is 44.6 Å². The predicted molar refractivity (Wildman–Crippen MR) is 156 cm³/mol. The average molecular weight is 597 g/mol. The minimum atomic E-state index is -1.15. The molecule has 3 aromatic rings. The number of carboxylic acid groups (broad SMARTS) is 1. The average Bonchev–Trinajstić information content (AvgIpc) is 3.44. The van der Waals surface area contributed by atoms with Crippen molar-refractivity contribution in [3.8, 4) is 0 Å². The van der Waals surface area contributed by atoms with Crippen LogP contribution in [0.2, 0.25) is 10.0 Å². The topological polar surface area (TPSA) is 137 Å². The number of amides is 3. The minimum absolute atomic E-state index is 0.0561. The molecule has 4 rings (SSSR count). The van der Waals surface area contributed by atoms with Gasteiger partial charge < -0.3 is 21.1 Å². The van der Waals surface area contributed by atoms with Crippen molar-refractivity contribution in [2.75, 3.05) is 11.9 Å². The number of hydrogen-bond donors (Lipinski definition) is 4. The second-order valence-electron chi connectivity index (χ2n) is 10.0. The first kappa shape index (κ1) is 30.0. The third kappa shape index (κ3) is 7.62. The number of carboxylic acids is 1. The van der Waals surface area contributed by atoms with Crippen LogP contribution in [0, 0.1) is 5.41 Å². The Labute approximate surface area is 247 Å². The summed E-state index contributed by atoms with van der Waals surface area (Å²) in [6, 6.07) is 13.5. The zero-order valence-corrected chi connectivity index (χ0v) is 23.7. The van der Waals surface area contributed by atoms with Crippen LogP contribution in [0.1, 0.15) is 58.4 Å². The van der Waals surface area contributed by atoms with Gasteiger partial charge in [-0.2, -0.15) is 0 Å². The van der Waals surface area contributed by atoms with E-state index in [9.17, 15) is 24.3 Å². The molecule has 11 heteroatoms. The highest BCUT2D eigenvalue weighted by atomic mass is 35.5. The summed E-state index contributed by atoms with van der Waals surface area (Å²) in [7, 11) is 0. The lowest BCUT2D eigenvalue weighted by molar-refractivity contribution is -0.144. The number of carbonyl (C=O) groups is 4. The smallest absolute Gasteiger partial charge is 0.326 e. The number of nitrogens with zero attached hydrogens (tertiary/aromatic N) is 1. The van der Waals surface area contributed by atoms with E-state index in [2.05, 4.69) is 20.9 Å². The first-order chi connectivity index (χ1) is 19.7. The van der Waals surface area contributed by atoms with Crippen LogP contribution in [0.15, 0.2) is 67.0 Å². The molecule has 1 fully saturated rings. The summed E-state index contributed by atoms with van der Waals surface area (Å²) < 4.78 is 0. The molecule has 0 radical (unpaired) electrons. The van der Waals surface area contributed by atoms with Gasteiger partial charge in [-0.05, 0) is 61.2 Å². The van der Waals surface area contributed by atoms with E-state index in [0.717, 1.165) is 12.8 Å². The van der Waals surface area contributed by atoms with Gasteiger partial charge in [0.2, 0.25) is 5.91 Å². The second-order valence-corrected chi connectivity index (χ2v) is 10.9. The molecule has 1 atom stereocenters. The van der Waals surface area contributed by atoms with Gasteiger partial charge >= 0.3 is 5.97 Å². The lowest BCUT2D eigenvalue weighted by Gasteiger charge is -2.29. The van der Waals surface area contributed by atoms with Gasteiger partial charge in [0.05, 0.1) is 21.0 Å². The quantitative estimate of drug-likeness (QED) is 0.242. The van der Waals surface area contributed by atoms with Crippen LogP contribution in [0.3, 0.4) is 0 Å². The van der Waals surface area contributed by atoms with Gasteiger partial charge in [0.1, 0.15) is 6.04 Å². The number of nitrogens with one attached hydrogen (secondary N) is 3. The molecule has 0 saturated heterocycles. The molecule has 1 aliphatic rings. The third-order valence-electron chi connectivity index (χ3n) is 7.32. The molecule has 0 bridgehead atoms. The number of benzene rings is 2. The van der Waals surface area contributed by atoms with Crippen LogP contribution in [-0.2, 0) is 16.0 Å². The van der Waals surface area contributed by atoms with Gasteiger partial charge in [0, 0.05) is 36.6 Å². The molecule has 1 saturated carbocycles. The van der Waals surface area contributed by atoms with Crippen LogP contribution < -0.4 is 16.0 Å². The molecule has 41 heavy (non-hydrogen) atoms. The molecule has 0 aliphatic heterocycles. The van der Waals surface area contributed by atoms with Crippen molar-refractivity contribution in [3.05, 3.63) is 93.7 Å². The van der Waals surface area contributed by atoms with E-state index >= 15 is 0 Å². The highest BCUT2D eigenvalue weighted by Gasteiger charge is 2.42. The Morgan fingerprint density at radius 2 is 1.54 bits per heavy atom. The molecule has 9 nitrogen and oxygen atoms in total. The molecule has 3 amide bonds. The number of hydrogen-bond acceptors (Lipinski definition) is 5. The summed E-state index contributed by atoms with van der Waals surface area (Å²) in [5.74, 6) is -2.19. The first-order valence-electron chi connectivity index (χ1n) is 13.2. The summed E-state index contributed by atoms with van der Waals surface area (Å²) >= 11 is 12.2. The fraction of sp³-hybridized carbons (Fsp3) is 0.300. The van der Waals surface area contributed by atoms with Crippen molar-refractivity contribution in [3.63, 3.8) is 0 Å². The van der Waals surface area contributed by atoms with Crippen molar-refractivity contribution in [1.82, 2.24) is 15.6 Å². The minimum Gasteiger partial charge on any atom is -0.480 e. The molecule has 1 aliphatic carbocycles. The maximum absolute atomic E-state index is 13.4. The van der Waals surface area contributed by atoms with Gasteiger partial charge in [-0.25, -0.2) is 4.79 Å². The molecule has 1 aromatic heterocycles. The number of aliphatic carboxylic acids is 1. The summed E-state index contributed by atoms with van der Waals surface area (Å²) in [6.07, 6.45) is 6.50. The van der Waals surface area contributed by atoms with E-state index in [1.165, 1.54) is 12.4 Å². The molecule has 0 spiro atoms. The van der Waals surface area contributed by atoms with E-state index in [4.69, 9.17) is 23.2 Å². The van der Waals surface area contributed by atoms with Crippen LogP contribution in [0.5, 0.6) is 0 Å². The first-order valence-corrected chi connectivity index (χ1v) is 14.0. The molecular weight excluding hydrogens is 567 g/mol. The Balaban J connectivity index is 1.36. The number of anilines is 1. The third-order valence-corrected chi connectivity index (χ3v) is 7.95.